The molecule has 2 rings (SSSR count). The summed E-state index contributed by atoms with van der Waals surface area (Å²) in [4.78, 5) is 22.6. The number of halogens is 1. The molecular weight excluding hydrogens is 328 g/mol. The maximum absolute atomic E-state index is 11.7. The number of aromatic carboxylic acids is 1. The fraction of sp³-hybridized carbons (Fsp3) is 0.0769. The van der Waals surface area contributed by atoms with E-state index >= 15 is 0 Å². The number of urea groups is 1. The van der Waals surface area contributed by atoms with Crippen LogP contribution in [0.2, 0.25) is 0 Å². The maximum atomic E-state index is 11.7. The van der Waals surface area contributed by atoms with Gasteiger partial charge >= 0.3 is 12.0 Å². The minimum Gasteiger partial charge on any atom is -0.478 e. The molecule has 6 nitrogen and oxygen atoms in total. The Morgan fingerprint density at radius 3 is 2.75 bits per heavy atom. The highest BCUT2D eigenvalue weighted by Crippen LogP contribution is 2.21. The van der Waals surface area contributed by atoms with Crippen molar-refractivity contribution >= 4 is 33.6 Å². The van der Waals surface area contributed by atoms with Crippen LogP contribution >= 0.6 is 15.9 Å². The van der Waals surface area contributed by atoms with Gasteiger partial charge in [-0.05, 0) is 46.3 Å². The average Bonchev–Trinajstić information content (AvgIpc) is 2.91. The number of hydrogen-bond acceptors (Lipinski definition) is 3. The quantitative estimate of drug-likeness (QED) is 0.798. The second-order valence-corrected chi connectivity index (χ2v) is 4.74. The number of carbonyl (C=O) groups is 2. The molecule has 1 aromatic carbocycles. The molecule has 2 aromatic rings. The summed E-state index contributed by atoms with van der Waals surface area (Å²) in [6.07, 6.45) is 1.52. The summed E-state index contributed by atoms with van der Waals surface area (Å²) in [6.45, 7) is 0.251. The number of furan rings is 1. The normalized spacial score (nSPS) is 10.1. The molecule has 0 radical (unpaired) electrons. The van der Waals surface area contributed by atoms with Gasteiger partial charge in [0.15, 0.2) is 0 Å². The first-order chi connectivity index (χ1) is 9.56. The second kappa shape index (κ2) is 6.25. The van der Waals surface area contributed by atoms with Crippen LogP contribution in [0, 0.1) is 0 Å². The van der Waals surface area contributed by atoms with E-state index in [4.69, 9.17) is 9.52 Å². The number of rotatable bonds is 4. The number of hydrogen-bond donors (Lipinski definition) is 3. The molecule has 0 aliphatic carbocycles. The molecule has 2 amide bonds. The van der Waals surface area contributed by atoms with Crippen LogP contribution in [-0.4, -0.2) is 17.1 Å². The predicted molar refractivity (Wildman–Crippen MR) is 75.7 cm³/mol. The van der Waals surface area contributed by atoms with Gasteiger partial charge in [0.2, 0.25) is 0 Å². The van der Waals surface area contributed by atoms with Crippen LogP contribution in [-0.2, 0) is 6.54 Å². The lowest BCUT2D eigenvalue weighted by Crippen LogP contribution is -2.28. The Morgan fingerprint density at radius 1 is 1.30 bits per heavy atom. The Morgan fingerprint density at radius 2 is 2.10 bits per heavy atom. The van der Waals surface area contributed by atoms with Gasteiger partial charge in [-0.1, -0.05) is 0 Å². The standard InChI is InChI=1S/C13H11BrN2O4/c14-11-4-3-8(6-10(11)12(17)18)16-13(19)15-7-9-2-1-5-20-9/h1-6H,7H2,(H,17,18)(H2,15,16,19). The highest BCUT2D eigenvalue weighted by molar-refractivity contribution is 9.10. The number of carboxylic acids is 1. The largest absolute Gasteiger partial charge is 0.478 e. The number of nitrogens with one attached hydrogen (secondary N) is 2. The van der Waals surface area contributed by atoms with Crippen LogP contribution < -0.4 is 10.6 Å². The van der Waals surface area contributed by atoms with Gasteiger partial charge in [0.1, 0.15) is 5.76 Å². The van der Waals surface area contributed by atoms with Gasteiger partial charge in [0, 0.05) is 10.2 Å². The number of benzene rings is 1. The molecular formula is C13H11BrN2O4. The van der Waals surface area contributed by atoms with E-state index < -0.39 is 12.0 Å². The predicted octanol–water partition coefficient (Wildman–Crippen LogP) is 3.06. The molecule has 7 heteroatoms. The lowest BCUT2D eigenvalue weighted by Gasteiger charge is -2.08. The van der Waals surface area contributed by atoms with Gasteiger partial charge in [0.25, 0.3) is 0 Å². The Bertz CT molecular complexity index is 625. The van der Waals surface area contributed by atoms with Crippen LogP contribution in [0.1, 0.15) is 16.1 Å². The SMILES string of the molecule is O=C(NCc1ccco1)Nc1ccc(Br)c(C(=O)O)c1. The van der Waals surface area contributed by atoms with E-state index in [1.165, 1.54) is 12.3 Å². The summed E-state index contributed by atoms with van der Waals surface area (Å²) in [5, 5.41) is 14.1. The zero-order valence-corrected chi connectivity index (χ0v) is 11.8. The van der Waals surface area contributed by atoms with Crippen molar-refractivity contribution in [2.75, 3.05) is 5.32 Å². The number of amides is 2. The molecule has 0 unspecified atom stereocenters. The van der Waals surface area contributed by atoms with Crippen LogP contribution in [0.15, 0.2) is 45.5 Å². The maximum Gasteiger partial charge on any atom is 0.336 e. The van der Waals surface area contributed by atoms with Crippen LogP contribution in [0.25, 0.3) is 0 Å². The first-order valence-corrected chi connectivity index (χ1v) is 6.45. The molecule has 0 bridgehead atoms. The molecule has 0 aliphatic rings. The van der Waals surface area contributed by atoms with Crippen molar-refractivity contribution in [3.05, 3.63) is 52.4 Å². The number of anilines is 1. The van der Waals surface area contributed by atoms with Gasteiger partial charge in [-0.3, -0.25) is 0 Å². The highest BCUT2D eigenvalue weighted by atomic mass is 79.9. The molecule has 0 saturated carbocycles. The molecule has 0 saturated heterocycles. The molecule has 104 valence electrons. The lowest BCUT2D eigenvalue weighted by atomic mass is 10.2. The summed E-state index contributed by atoms with van der Waals surface area (Å²) in [5.41, 5.74) is 0.469. The summed E-state index contributed by atoms with van der Waals surface area (Å²) in [7, 11) is 0. The molecule has 3 N–H and O–H groups in total. The smallest absolute Gasteiger partial charge is 0.336 e. The second-order valence-electron chi connectivity index (χ2n) is 3.89. The first-order valence-electron chi connectivity index (χ1n) is 5.66. The molecule has 0 atom stereocenters. The molecule has 1 aromatic heterocycles. The third kappa shape index (κ3) is 3.61. The topological polar surface area (TPSA) is 91.6 Å². The van der Waals surface area contributed by atoms with E-state index in [1.54, 1.807) is 24.3 Å². The van der Waals surface area contributed by atoms with E-state index in [0.717, 1.165) is 0 Å². The number of carboxylic acid groups (broad SMARTS) is 1. The molecule has 1 heterocycles. The van der Waals surface area contributed by atoms with Crippen molar-refractivity contribution in [1.29, 1.82) is 0 Å². The monoisotopic (exact) mass is 338 g/mol. The van der Waals surface area contributed by atoms with E-state index in [9.17, 15) is 9.59 Å². The van der Waals surface area contributed by atoms with Gasteiger partial charge in [-0.2, -0.15) is 0 Å². The summed E-state index contributed by atoms with van der Waals surface area (Å²) in [6, 6.07) is 7.55. The van der Waals surface area contributed by atoms with Crippen LogP contribution in [0.3, 0.4) is 0 Å². The minimum atomic E-state index is -1.07. The lowest BCUT2D eigenvalue weighted by molar-refractivity contribution is 0.0696. The van der Waals surface area contributed by atoms with Gasteiger partial charge < -0.3 is 20.2 Å². The van der Waals surface area contributed by atoms with Crippen LogP contribution in [0.4, 0.5) is 10.5 Å². The molecule has 0 fully saturated rings. The minimum absolute atomic E-state index is 0.0776. The van der Waals surface area contributed by atoms with Gasteiger partial charge in [-0.25, -0.2) is 9.59 Å². The summed E-state index contributed by atoms with van der Waals surface area (Å²) in [5.74, 6) is -0.446. The van der Waals surface area contributed by atoms with Crippen molar-refractivity contribution in [3.8, 4) is 0 Å². The Hall–Kier alpha value is -2.28. The molecule has 0 aliphatic heterocycles. The molecule has 20 heavy (non-hydrogen) atoms. The number of carbonyl (C=O) groups excluding carboxylic acids is 1. The fourth-order valence-corrected chi connectivity index (χ4v) is 1.94. The Kier molecular flexibility index (Phi) is 4.41. The van der Waals surface area contributed by atoms with Crippen molar-refractivity contribution in [2.24, 2.45) is 0 Å². The van der Waals surface area contributed by atoms with Crippen molar-refractivity contribution < 1.29 is 19.1 Å². The van der Waals surface area contributed by atoms with Crippen molar-refractivity contribution in [1.82, 2.24) is 5.32 Å². The average molecular weight is 339 g/mol. The van der Waals surface area contributed by atoms with E-state index in [1.807, 2.05) is 0 Å². The first kappa shape index (κ1) is 14.1. The summed E-state index contributed by atoms with van der Waals surface area (Å²) < 4.78 is 5.52. The summed E-state index contributed by atoms with van der Waals surface area (Å²) >= 11 is 3.13. The zero-order chi connectivity index (χ0) is 14.5. The zero-order valence-electron chi connectivity index (χ0n) is 10.2. The van der Waals surface area contributed by atoms with Gasteiger partial charge in [-0.15, -0.1) is 0 Å². The third-order valence-corrected chi connectivity index (χ3v) is 3.15. The van der Waals surface area contributed by atoms with E-state index in [-0.39, 0.29) is 12.1 Å². The van der Waals surface area contributed by atoms with E-state index in [0.29, 0.717) is 15.9 Å². The fourth-order valence-electron chi connectivity index (χ4n) is 1.52. The van der Waals surface area contributed by atoms with Crippen molar-refractivity contribution in [2.45, 2.75) is 6.54 Å². The Balaban J connectivity index is 1.97. The third-order valence-electron chi connectivity index (χ3n) is 2.46. The Labute approximate surface area is 122 Å². The highest BCUT2D eigenvalue weighted by Gasteiger charge is 2.10. The van der Waals surface area contributed by atoms with E-state index in [2.05, 4.69) is 26.6 Å². The van der Waals surface area contributed by atoms with Crippen molar-refractivity contribution in [3.63, 3.8) is 0 Å². The molecule has 0 spiro atoms. The van der Waals surface area contributed by atoms with Crippen LogP contribution in [0.5, 0.6) is 0 Å². The van der Waals surface area contributed by atoms with Gasteiger partial charge in [0.05, 0.1) is 18.4 Å².